The van der Waals surface area contributed by atoms with Crippen LogP contribution in [-0.4, -0.2) is 73.1 Å². The van der Waals surface area contributed by atoms with Gasteiger partial charge >= 0.3 is 0 Å². The Labute approximate surface area is 252 Å². The van der Waals surface area contributed by atoms with E-state index >= 15 is 0 Å². The first kappa shape index (κ1) is 28.8. The first-order valence-electron chi connectivity index (χ1n) is 14.3. The molecule has 1 spiro atoms. The van der Waals surface area contributed by atoms with E-state index in [0.29, 0.717) is 27.9 Å². The smallest absolute Gasteiger partial charge is 0.229 e. The second-order valence-corrected chi connectivity index (χ2v) is 15.9. The number of halogens is 1. The molecule has 2 aliphatic heterocycles. The average molecular weight is 608 g/mol. The van der Waals surface area contributed by atoms with Gasteiger partial charge in [-0.05, 0) is 75.4 Å². The summed E-state index contributed by atoms with van der Waals surface area (Å²) >= 11 is 6.55. The summed E-state index contributed by atoms with van der Waals surface area (Å²) in [5.41, 5.74) is 5.37. The van der Waals surface area contributed by atoms with Gasteiger partial charge in [-0.1, -0.05) is 11.6 Å². The molecule has 4 aromatic rings. The Hall–Kier alpha value is -3.26. The zero-order valence-electron chi connectivity index (χ0n) is 25.2. The SMILES string of the molecule is COc1cc(N2CCC3(CC2)CN(C)C3)c(C)cc1Nc1ncc(Cl)c(Nc2ccc3c(ccn3C)c2P(C)(C)=O)n1. The summed E-state index contributed by atoms with van der Waals surface area (Å²) in [6.45, 7) is 10.2. The third-order valence-electron chi connectivity index (χ3n) is 8.71. The highest BCUT2D eigenvalue weighted by Gasteiger charge is 2.43. The van der Waals surface area contributed by atoms with Crippen molar-refractivity contribution in [2.75, 3.05) is 69.2 Å². The molecule has 0 bridgehead atoms. The van der Waals surface area contributed by atoms with E-state index in [2.05, 4.69) is 51.5 Å². The maximum atomic E-state index is 13.4. The number of nitrogens with one attached hydrogen (secondary N) is 2. The van der Waals surface area contributed by atoms with Gasteiger partial charge in [-0.3, -0.25) is 0 Å². The number of benzene rings is 2. The summed E-state index contributed by atoms with van der Waals surface area (Å²) < 4.78 is 21.2. The largest absolute Gasteiger partial charge is 0.494 e. The van der Waals surface area contributed by atoms with Crippen molar-refractivity contribution >= 4 is 63.8 Å². The summed E-state index contributed by atoms with van der Waals surface area (Å²) in [4.78, 5) is 14.0. The Morgan fingerprint density at radius 3 is 2.45 bits per heavy atom. The number of nitrogens with zero attached hydrogens (tertiary/aromatic N) is 5. The van der Waals surface area contributed by atoms with E-state index in [0.717, 1.165) is 46.3 Å². The molecule has 0 amide bonds. The number of anilines is 5. The lowest BCUT2D eigenvalue weighted by Gasteiger charge is -2.53. The van der Waals surface area contributed by atoms with Crippen molar-refractivity contribution in [3.05, 3.63) is 53.3 Å². The number of aromatic nitrogens is 3. The fraction of sp³-hybridized carbons (Fsp3) is 0.419. The molecule has 222 valence electrons. The monoisotopic (exact) mass is 607 g/mol. The Bertz CT molecular complexity index is 1700. The lowest BCUT2D eigenvalue weighted by atomic mass is 9.72. The molecule has 42 heavy (non-hydrogen) atoms. The van der Waals surface area contributed by atoms with Crippen LogP contribution in [0, 0.1) is 12.3 Å². The topological polar surface area (TPSA) is 87.5 Å². The summed E-state index contributed by atoms with van der Waals surface area (Å²) in [7, 11) is 3.22. The van der Waals surface area contributed by atoms with Crippen molar-refractivity contribution < 1.29 is 9.30 Å². The fourth-order valence-electron chi connectivity index (χ4n) is 6.70. The second kappa shape index (κ2) is 10.8. The maximum absolute atomic E-state index is 13.4. The minimum absolute atomic E-state index is 0.362. The molecule has 0 radical (unpaired) electrons. The van der Waals surface area contributed by atoms with Gasteiger partial charge in [0.15, 0.2) is 5.82 Å². The molecule has 2 saturated heterocycles. The predicted molar refractivity (Wildman–Crippen MR) is 175 cm³/mol. The van der Waals surface area contributed by atoms with Crippen molar-refractivity contribution in [3.63, 3.8) is 0 Å². The molecule has 2 fully saturated rings. The van der Waals surface area contributed by atoms with Gasteiger partial charge in [-0.15, -0.1) is 0 Å². The first-order valence-corrected chi connectivity index (χ1v) is 17.3. The van der Waals surface area contributed by atoms with E-state index in [-0.39, 0.29) is 0 Å². The number of rotatable bonds is 7. The normalized spacial score (nSPS) is 17.0. The molecule has 6 rings (SSSR count). The van der Waals surface area contributed by atoms with Gasteiger partial charge in [0.25, 0.3) is 0 Å². The molecule has 2 aromatic carbocycles. The highest BCUT2D eigenvalue weighted by atomic mass is 35.5. The van der Waals surface area contributed by atoms with E-state index in [4.69, 9.17) is 21.3 Å². The van der Waals surface area contributed by atoms with E-state index in [1.54, 1.807) is 26.6 Å². The van der Waals surface area contributed by atoms with Crippen molar-refractivity contribution in [3.8, 4) is 5.75 Å². The van der Waals surface area contributed by atoms with Crippen molar-refractivity contribution in [2.45, 2.75) is 19.8 Å². The Morgan fingerprint density at radius 1 is 1.05 bits per heavy atom. The van der Waals surface area contributed by atoms with Gasteiger partial charge in [-0.25, -0.2) is 4.98 Å². The summed E-state index contributed by atoms with van der Waals surface area (Å²) in [5, 5.41) is 8.75. The quantitative estimate of drug-likeness (QED) is 0.240. The third-order valence-corrected chi connectivity index (χ3v) is 10.5. The Kier molecular flexibility index (Phi) is 7.40. The molecule has 0 atom stereocenters. The van der Waals surface area contributed by atoms with Crippen LogP contribution in [0.5, 0.6) is 5.75 Å². The zero-order valence-corrected chi connectivity index (χ0v) is 26.8. The van der Waals surface area contributed by atoms with Crippen LogP contribution in [0.3, 0.4) is 0 Å². The van der Waals surface area contributed by atoms with Crippen LogP contribution in [0.4, 0.5) is 28.8 Å². The molecule has 2 aliphatic rings. The number of hydrogen-bond donors (Lipinski definition) is 2. The van der Waals surface area contributed by atoms with Crippen LogP contribution in [-0.2, 0) is 11.6 Å². The van der Waals surface area contributed by atoms with Crippen LogP contribution in [0.25, 0.3) is 10.9 Å². The van der Waals surface area contributed by atoms with Gasteiger partial charge in [0.05, 0.1) is 24.7 Å². The first-order chi connectivity index (χ1) is 20.0. The Balaban J connectivity index is 1.25. The van der Waals surface area contributed by atoms with Crippen LogP contribution in [0.2, 0.25) is 5.02 Å². The second-order valence-electron chi connectivity index (χ2n) is 12.3. The van der Waals surface area contributed by atoms with Crippen LogP contribution >= 0.6 is 18.7 Å². The molecule has 0 unspecified atom stereocenters. The lowest BCUT2D eigenvalue weighted by molar-refractivity contribution is 0.00130. The highest BCUT2D eigenvalue weighted by Crippen LogP contribution is 2.44. The lowest BCUT2D eigenvalue weighted by Crippen LogP contribution is -2.58. The van der Waals surface area contributed by atoms with Crippen molar-refractivity contribution in [2.24, 2.45) is 12.5 Å². The van der Waals surface area contributed by atoms with Crippen LogP contribution in [0.1, 0.15) is 18.4 Å². The molecule has 4 heterocycles. The number of aryl methyl sites for hydroxylation is 2. The minimum Gasteiger partial charge on any atom is -0.494 e. The number of hydrogen-bond acceptors (Lipinski definition) is 8. The zero-order chi connectivity index (χ0) is 29.8. The molecule has 0 aliphatic carbocycles. The van der Waals surface area contributed by atoms with Gasteiger partial charge in [0.1, 0.15) is 17.9 Å². The van der Waals surface area contributed by atoms with Gasteiger partial charge in [0.2, 0.25) is 5.95 Å². The molecular weight excluding hydrogens is 569 g/mol. The molecule has 9 nitrogen and oxygen atoms in total. The highest BCUT2D eigenvalue weighted by molar-refractivity contribution is 7.71. The fourth-order valence-corrected chi connectivity index (χ4v) is 8.32. The number of fused-ring (bicyclic) bond motifs is 1. The minimum atomic E-state index is -2.65. The van der Waals surface area contributed by atoms with Gasteiger partial charge in [0, 0.05) is 67.4 Å². The standard InChI is InChI=1S/C31H39ClN7O2P/c1-20-15-24(27(41-4)16-26(20)39-13-10-31(11-14-39)18-37(2)19-31)35-30-33-17-22(32)29(36-30)34-23-7-8-25-21(9-12-38(25)3)28(23)42(5,6)40/h7-9,12,15-17H,10-11,13-14,18-19H2,1-6H3,(H2,33,34,35,36). The number of likely N-dealkylation sites (tertiary alicyclic amines) is 1. The van der Waals surface area contributed by atoms with E-state index in [1.807, 2.05) is 36.0 Å². The molecular formula is C31H39ClN7O2P. The number of piperidine rings is 1. The van der Waals surface area contributed by atoms with E-state index in [1.165, 1.54) is 31.6 Å². The van der Waals surface area contributed by atoms with Crippen molar-refractivity contribution in [1.82, 2.24) is 19.4 Å². The molecule has 2 N–H and O–H groups in total. The summed E-state index contributed by atoms with van der Waals surface area (Å²) in [5.74, 6) is 1.53. The maximum Gasteiger partial charge on any atom is 0.229 e. The van der Waals surface area contributed by atoms with Gasteiger partial charge in [-0.2, -0.15) is 4.98 Å². The van der Waals surface area contributed by atoms with Crippen LogP contribution in [0.15, 0.2) is 42.7 Å². The number of methoxy groups -OCH3 is 1. The van der Waals surface area contributed by atoms with E-state index < -0.39 is 7.14 Å². The predicted octanol–water partition coefficient (Wildman–Crippen LogP) is 6.21. The molecule has 11 heteroatoms. The van der Waals surface area contributed by atoms with Crippen LogP contribution < -0.4 is 25.6 Å². The third kappa shape index (κ3) is 5.34. The summed E-state index contributed by atoms with van der Waals surface area (Å²) in [6.07, 6.45) is 5.98. The van der Waals surface area contributed by atoms with E-state index in [9.17, 15) is 4.57 Å². The van der Waals surface area contributed by atoms with Crippen molar-refractivity contribution in [1.29, 1.82) is 0 Å². The number of ether oxygens (including phenoxy) is 1. The molecule has 2 aromatic heterocycles. The summed E-state index contributed by atoms with van der Waals surface area (Å²) in [6, 6.07) is 10.1. The molecule has 0 saturated carbocycles. The van der Waals surface area contributed by atoms with Gasteiger partial charge < -0.3 is 34.3 Å². The Morgan fingerprint density at radius 2 is 1.79 bits per heavy atom. The average Bonchev–Trinajstić information content (AvgIpc) is 3.30.